The van der Waals surface area contributed by atoms with E-state index in [1.165, 1.54) is 0 Å². The van der Waals surface area contributed by atoms with Gasteiger partial charge >= 0.3 is 0 Å². The molecule has 0 rings (SSSR count). The molecule has 0 aromatic carbocycles. The number of thiocarbonyl (C=S) groups is 1. The SMILES string of the molecule is NC(=O)CCCCNS(=O)(=O)CC(N)=S. The van der Waals surface area contributed by atoms with Crippen molar-refractivity contribution in [3.05, 3.63) is 0 Å². The van der Waals surface area contributed by atoms with Gasteiger partial charge in [0.15, 0.2) is 0 Å². The largest absolute Gasteiger partial charge is 0.392 e. The molecule has 0 bridgehead atoms. The first kappa shape index (κ1) is 14.3. The van der Waals surface area contributed by atoms with E-state index in [0.717, 1.165) is 0 Å². The quantitative estimate of drug-likeness (QED) is 0.373. The molecule has 0 unspecified atom stereocenters. The highest BCUT2D eigenvalue weighted by atomic mass is 32.2. The fourth-order valence-electron chi connectivity index (χ4n) is 0.890. The van der Waals surface area contributed by atoms with E-state index >= 15 is 0 Å². The molecule has 0 aliphatic carbocycles. The van der Waals surface area contributed by atoms with Crippen LogP contribution in [0, 0.1) is 0 Å². The van der Waals surface area contributed by atoms with Crippen molar-refractivity contribution >= 4 is 33.1 Å². The Bertz CT molecular complexity index is 326. The number of carbonyl (C=O) groups excluding carboxylic acids is 1. The fraction of sp³-hybridized carbons (Fsp3) is 0.714. The molecule has 0 heterocycles. The van der Waals surface area contributed by atoms with E-state index in [1.807, 2.05) is 0 Å². The average Bonchev–Trinajstić information content (AvgIpc) is 1.99. The number of amides is 1. The van der Waals surface area contributed by atoms with Gasteiger partial charge in [-0.3, -0.25) is 4.79 Å². The minimum Gasteiger partial charge on any atom is -0.392 e. The van der Waals surface area contributed by atoms with Crippen LogP contribution in [-0.2, 0) is 14.8 Å². The van der Waals surface area contributed by atoms with Gasteiger partial charge in [-0.1, -0.05) is 12.2 Å². The standard InChI is InChI=1S/C7H15N3O3S2/c8-6(11)3-1-2-4-10-15(12,13)5-7(9)14/h10H,1-5H2,(H2,8,11)(H2,9,14). The van der Waals surface area contributed by atoms with Gasteiger partial charge in [-0.25, -0.2) is 13.1 Å². The zero-order valence-corrected chi connectivity index (χ0v) is 9.86. The van der Waals surface area contributed by atoms with Gasteiger partial charge in [0.2, 0.25) is 15.9 Å². The molecule has 8 heteroatoms. The van der Waals surface area contributed by atoms with E-state index in [-0.39, 0.29) is 29.6 Å². The van der Waals surface area contributed by atoms with Gasteiger partial charge in [0.25, 0.3) is 0 Å². The molecule has 0 aromatic rings. The smallest absolute Gasteiger partial charge is 0.218 e. The van der Waals surface area contributed by atoms with Gasteiger partial charge in [-0.15, -0.1) is 0 Å². The molecule has 0 spiro atoms. The maximum atomic E-state index is 11.2. The summed E-state index contributed by atoms with van der Waals surface area (Å²) in [5, 5.41) is 0. The lowest BCUT2D eigenvalue weighted by atomic mass is 10.2. The van der Waals surface area contributed by atoms with Crippen molar-refractivity contribution < 1.29 is 13.2 Å². The van der Waals surface area contributed by atoms with Crippen LogP contribution in [0.4, 0.5) is 0 Å². The van der Waals surface area contributed by atoms with Crippen molar-refractivity contribution in [3.8, 4) is 0 Å². The first-order valence-corrected chi connectivity index (χ1v) is 6.43. The van der Waals surface area contributed by atoms with Gasteiger partial charge in [-0.05, 0) is 12.8 Å². The summed E-state index contributed by atoms with van der Waals surface area (Å²) in [6.07, 6.45) is 1.38. The van der Waals surface area contributed by atoms with Crippen LogP contribution in [0.15, 0.2) is 0 Å². The maximum absolute atomic E-state index is 11.2. The third-order valence-corrected chi connectivity index (χ3v) is 3.17. The molecule has 15 heavy (non-hydrogen) atoms. The van der Waals surface area contributed by atoms with Crippen LogP contribution >= 0.6 is 12.2 Å². The molecule has 0 saturated carbocycles. The third kappa shape index (κ3) is 9.57. The van der Waals surface area contributed by atoms with Crippen LogP contribution in [0.25, 0.3) is 0 Å². The van der Waals surface area contributed by atoms with Crippen LogP contribution in [0.1, 0.15) is 19.3 Å². The Morgan fingerprint density at radius 2 is 1.87 bits per heavy atom. The number of carbonyl (C=O) groups is 1. The predicted molar refractivity (Wildman–Crippen MR) is 61.6 cm³/mol. The molecular weight excluding hydrogens is 238 g/mol. The second-order valence-electron chi connectivity index (χ2n) is 3.04. The number of rotatable bonds is 8. The minimum absolute atomic E-state index is 0.0698. The Kier molecular flexibility index (Phi) is 6.37. The summed E-state index contributed by atoms with van der Waals surface area (Å²) in [6, 6.07) is 0. The summed E-state index contributed by atoms with van der Waals surface area (Å²) in [7, 11) is -3.41. The molecule has 0 fully saturated rings. The second-order valence-corrected chi connectivity index (χ2v) is 5.37. The van der Waals surface area contributed by atoms with E-state index in [4.69, 9.17) is 11.5 Å². The molecule has 6 nitrogen and oxygen atoms in total. The maximum Gasteiger partial charge on any atom is 0.218 e. The van der Waals surface area contributed by atoms with Crippen LogP contribution in [0.2, 0.25) is 0 Å². The van der Waals surface area contributed by atoms with E-state index in [9.17, 15) is 13.2 Å². The number of nitrogens with two attached hydrogens (primary N) is 2. The van der Waals surface area contributed by atoms with E-state index < -0.39 is 10.0 Å². The summed E-state index contributed by atoms with van der Waals surface area (Å²) in [4.78, 5) is 10.3. The summed E-state index contributed by atoms with van der Waals surface area (Å²) in [6.45, 7) is 0.262. The van der Waals surface area contributed by atoms with Crippen molar-refractivity contribution in [2.24, 2.45) is 11.5 Å². The summed E-state index contributed by atoms with van der Waals surface area (Å²) >= 11 is 4.48. The molecule has 0 aliphatic rings. The van der Waals surface area contributed by atoms with Crippen molar-refractivity contribution in [1.82, 2.24) is 4.72 Å². The van der Waals surface area contributed by atoms with E-state index in [0.29, 0.717) is 12.8 Å². The van der Waals surface area contributed by atoms with E-state index in [2.05, 4.69) is 16.9 Å². The molecule has 0 saturated heterocycles. The highest BCUT2D eigenvalue weighted by Crippen LogP contribution is 1.94. The highest BCUT2D eigenvalue weighted by molar-refractivity contribution is 7.92. The zero-order valence-electron chi connectivity index (χ0n) is 8.23. The van der Waals surface area contributed by atoms with Crippen LogP contribution < -0.4 is 16.2 Å². The second kappa shape index (κ2) is 6.70. The van der Waals surface area contributed by atoms with Crippen LogP contribution in [0.3, 0.4) is 0 Å². The molecule has 1 amide bonds. The molecule has 88 valence electrons. The first-order chi connectivity index (χ1) is 6.83. The van der Waals surface area contributed by atoms with Gasteiger partial charge in [0.05, 0.1) is 4.99 Å². The molecular formula is C7H15N3O3S2. The molecule has 0 aliphatic heterocycles. The monoisotopic (exact) mass is 253 g/mol. The third-order valence-electron chi connectivity index (χ3n) is 1.50. The number of sulfonamides is 1. The lowest BCUT2D eigenvalue weighted by molar-refractivity contribution is -0.118. The predicted octanol–water partition coefficient (Wildman–Crippen LogP) is -1.15. The van der Waals surface area contributed by atoms with Crippen molar-refractivity contribution in [2.75, 3.05) is 12.3 Å². The Labute approximate surface area is 94.4 Å². The molecule has 0 radical (unpaired) electrons. The van der Waals surface area contributed by atoms with E-state index in [1.54, 1.807) is 0 Å². The van der Waals surface area contributed by atoms with Crippen LogP contribution in [-0.4, -0.2) is 31.6 Å². The van der Waals surface area contributed by atoms with Gasteiger partial charge < -0.3 is 11.5 Å². The number of hydrogen-bond acceptors (Lipinski definition) is 4. The van der Waals surface area contributed by atoms with Gasteiger partial charge in [0, 0.05) is 13.0 Å². The minimum atomic E-state index is -3.41. The Morgan fingerprint density at radius 1 is 1.27 bits per heavy atom. The van der Waals surface area contributed by atoms with Crippen molar-refractivity contribution in [2.45, 2.75) is 19.3 Å². The molecule has 5 N–H and O–H groups in total. The molecule has 0 aromatic heterocycles. The summed E-state index contributed by atoms with van der Waals surface area (Å²) in [5.74, 6) is -0.737. The Hall–Kier alpha value is -0.730. The number of primary amides is 1. The highest BCUT2D eigenvalue weighted by Gasteiger charge is 2.10. The lowest BCUT2D eigenvalue weighted by Crippen LogP contribution is -2.33. The van der Waals surface area contributed by atoms with Crippen molar-refractivity contribution in [3.63, 3.8) is 0 Å². The summed E-state index contributed by atoms with van der Waals surface area (Å²) < 4.78 is 24.7. The Balaban J connectivity index is 3.67. The van der Waals surface area contributed by atoms with Crippen molar-refractivity contribution in [1.29, 1.82) is 0 Å². The van der Waals surface area contributed by atoms with Gasteiger partial charge in [0.1, 0.15) is 5.75 Å². The van der Waals surface area contributed by atoms with Gasteiger partial charge in [-0.2, -0.15) is 0 Å². The zero-order chi connectivity index (χ0) is 11.9. The number of nitrogens with one attached hydrogen (secondary N) is 1. The Morgan fingerprint density at radius 3 is 2.33 bits per heavy atom. The first-order valence-electron chi connectivity index (χ1n) is 4.37. The fourth-order valence-corrected chi connectivity index (χ4v) is 2.29. The number of unbranched alkanes of at least 4 members (excludes halogenated alkanes) is 1. The van der Waals surface area contributed by atoms with Crippen LogP contribution in [0.5, 0.6) is 0 Å². The summed E-state index contributed by atoms with van der Waals surface area (Å²) in [5.41, 5.74) is 10.0. The normalized spacial score (nSPS) is 11.2. The number of hydrogen-bond donors (Lipinski definition) is 3. The average molecular weight is 253 g/mol. The lowest BCUT2D eigenvalue weighted by Gasteiger charge is -2.04. The molecule has 0 atom stereocenters. The topological polar surface area (TPSA) is 115 Å².